The van der Waals surface area contributed by atoms with Crippen LogP contribution in [0.25, 0.3) is 0 Å². The van der Waals surface area contributed by atoms with Gasteiger partial charge < -0.3 is 9.53 Å². The monoisotopic (exact) mass is 272 g/mol. The molecule has 0 radical (unpaired) electrons. The number of rotatable bonds is 6. The minimum Gasteiger partial charge on any atom is -0.407 e. The first-order valence-corrected chi connectivity index (χ1v) is 9.43. The smallest absolute Gasteiger partial charge is 0.193 e. The Bertz CT molecular complexity index is 303. The number of aliphatic hydroxyl groups excluding tert-OH is 1. The van der Waals surface area contributed by atoms with Crippen molar-refractivity contribution >= 4 is 14.1 Å². The lowest BCUT2D eigenvalue weighted by molar-refractivity contribution is -0.126. The maximum absolute atomic E-state index is 11.9. The molecule has 0 bridgehead atoms. The van der Waals surface area contributed by atoms with Gasteiger partial charge in [0, 0.05) is 6.42 Å². The van der Waals surface area contributed by atoms with Gasteiger partial charge >= 0.3 is 0 Å². The first-order valence-electron chi connectivity index (χ1n) is 6.52. The highest BCUT2D eigenvalue weighted by atomic mass is 28.4. The summed E-state index contributed by atoms with van der Waals surface area (Å²) in [6, 6.07) is 0. The summed E-state index contributed by atoms with van der Waals surface area (Å²) in [6.07, 6.45) is 2.35. The van der Waals surface area contributed by atoms with Gasteiger partial charge in [0.15, 0.2) is 14.1 Å². The lowest BCUT2D eigenvalue weighted by Gasteiger charge is -2.38. The van der Waals surface area contributed by atoms with Crippen molar-refractivity contribution in [2.24, 2.45) is 0 Å². The number of aliphatic hydroxyl groups is 1. The van der Waals surface area contributed by atoms with Crippen molar-refractivity contribution in [3.05, 3.63) is 12.2 Å². The molecule has 0 aromatic rings. The van der Waals surface area contributed by atoms with Gasteiger partial charge in [-0.1, -0.05) is 32.9 Å². The van der Waals surface area contributed by atoms with Gasteiger partial charge in [0.25, 0.3) is 0 Å². The van der Waals surface area contributed by atoms with Crippen LogP contribution in [0, 0.1) is 0 Å². The molecule has 0 fully saturated rings. The molecule has 4 heteroatoms. The van der Waals surface area contributed by atoms with E-state index in [1.807, 2.05) is 6.92 Å². The Balaban J connectivity index is 4.50. The predicted octanol–water partition coefficient (Wildman–Crippen LogP) is 3.29. The lowest BCUT2D eigenvalue weighted by Crippen LogP contribution is -2.45. The standard InChI is InChI=1S/C14H28O3Si/c1-8-9-12(15)10-13(16)11(2)17-18(6,7)14(3,4)5/h8-9,11-12,15H,10H2,1-7H3/b9-8+/t11-,12-/m0/s1. The average molecular weight is 272 g/mol. The molecule has 0 rings (SSSR count). The summed E-state index contributed by atoms with van der Waals surface area (Å²) in [4.78, 5) is 11.9. The van der Waals surface area contributed by atoms with Crippen molar-refractivity contribution in [2.75, 3.05) is 0 Å². The molecule has 3 nitrogen and oxygen atoms in total. The fourth-order valence-electron chi connectivity index (χ4n) is 1.35. The first-order chi connectivity index (χ1) is 8.01. The van der Waals surface area contributed by atoms with Crippen LogP contribution in [0.2, 0.25) is 18.1 Å². The van der Waals surface area contributed by atoms with Crippen molar-refractivity contribution in [2.45, 2.75) is 71.4 Å². The van der Waals surface area contributed by atoms with Gasteiger partial charge in [-0.05, 0) is 32.0 Å². The second-order valence-electron chi connectivity index (χ2n) is 6.28. The Morgan fingerprint density at radius 3 is 2.28 bits per heavy atom. The highest BCUT2D eigenvalue weighted by Gasteiger charge is 2.39. The van der Waals surface area contributed by atoms with E-state index in [1.165, 1.54) is 0 Å². The molecule has 0 amide bonds. The highest BCUT2D eigenvalue weighted by molar-refractivity contribution is 6.74. The fourth-order valence-corrected chi connectivity index (χ4v) is 2.72. The molecule has 0 unspecified atom stereocenters. The molecule has 0 aliphatic carbocycles. The Labute approximate surface area is 112 Å². The summed E-state index contributed by atoms with van der Waals surface area (Å²) in [5.74, 6) is -0.0366. The molecule has 0 saturated carbocycles. The Kier molecular flexibility index (Phi) is 6.47. The van der Waals surface area contributed by atoms with E-state index in [0.717, 1.165) is 0 Å². The van der Waals surface area contributed by atoms with Gasteiger partial charge in [-0.2, -0.15) is 0 Å². The fraction of sp³-hybridized carbons (Fsp3) is 0.786. The molecule has 1 N–H and O–H groups in total. The van der Waals surface area contributed by atoms with Crippen LogP contribution < -0.4 is 0 Å². The molecule has 18 heavy (non-hydrogen) atoms. The number of carbonyl (C=O) groups is 1. The summed E-state index contributed by atoms with van der Waals surface area (Å²) in [5, 5.41) is 9.66. The third kappa shape index (κ3) is 5.46. The molecule has 106 valence electrons. The van der Waals surface area contributed by atoms with Crippen LogP contribution in [0.4, 0.5) is 0 Å². The predicted molar refractivity (Wildman–Crippen MR) is 78.2 cm³/mol. The van der Waals surface area contributed by atoms with E-state index in [0.29, 0.717) is 0 Å². The normalized spacial score (nSPS) is 16.9. The number of hydrogen-bond acceptors (Lipinski definition) is 3. The van der Waals surface area contributed by atoms with Gasteiger partial charge in [-0.25, -0.2) is 0 Å². The lowest BCUT2D eigenvalue weighted by atomic mass is 10.1. The van der Waals surface area contributed by atoms with Gasteiger partial charge in [0.1, 0.15) is 6.10 Å². The molecule has 0 aromatic heterocycles. The maximum atomic E-state index is 11.9. The second-order valence-corrected chi connectivity index (χ2v) is 11.0. The van der Waals surface area contributed by atoms with Crippen LogP contribution in [0.5, 0.6) is 0 Å². The van der Waals surface area contributed by atoms with Crippen LogP contribution in [-0.4, -0.2) is 31.4 Å². The molecular weight excluding hydrogens is 244 g/mol. The zero-order valence-corrected chi connectivity index (χ0v) is 13.8. The largest absolute Gasteiger partial charge is 0.407 e. The topological polar surface area (TPSA) is 46.5 Å². The van der Waals surface area contributed by atoms with E-state index in [-0.39, 0.29) is 17.2 Å². The van der Waals surface area contributed by atoms with Crippen LogP contribution in [0.15, 0.2) is 12.2 Å². The second kappa shape index (κ2) is 6.64. The van der Waals surface area contributed by atoms with Crippen molar-refractivity contribution in [1.29, 1.82) is 0 Å². The van der Waals surface area contributed by atoms with Gasteiger partial charge in [0.05, 0.1) is 6.10 Å². The van der Waals surface area contributed by atoms with Crippen LogP contribution in [-0.2, 0) is 9.22 Å². The van der Waals surface area contributed by atoms with E-state index >= 15 is 0 Å². The Hall–Kier alpha value is -0.453. The van der Waals surface area contributed by atoms with E-state index < -0.39 is 20.5 Å². The van der Waals surface area contributed by atoms with Crippen molar-refractivity contribution in [3.63, 3.8) is 0 Å². The van der Waals surface area contributed by atoms with E-state index in [9.17, 15) is 9.90 Å². The Morgan fingerprint density at radius 1 is 1.39 bits per heavy atom. The third-order valence-electron chi connectivity index (χ3n) is 3.56. The average Bonchev–Trinajstić information content (AvgIpc) is 2.15. The molecule has 0 aliphatic rings. The minimum atomic E-state index is -1.92. The number of Topliss-reactive ketones (excluding diaryl/α,β-unsaturated/α-hetero) is 1. The number of hydrogen-bond donors (Lipinski definition) is 1. The third-order valence-corrected chi connectivity index (χ3v) is 8.11. The van der Waals surface area contributed by atoms with Crippen LogP contribution in [0.3, 0.4) is 0 Å². The number of carbonyl (C=O) groups excluding carboxylic acids is 1. The zero-order chi connectivity index (χ0) is 14.6. The Morgan fingerprint density at radius 2 is 1.89 bits per heavy atom. The summed E-state index contributed by atoms with van der Waals surface area (Å²) < 4.78 is 6.00. The van der Waals surface area contributed by atoms with E-state index in [2.05, 4.69) is 33.9 Å². The summed E-state index contributed by atoms with van der Waals surface area (Å²) >= 11 is 0. The highest BCUT2D eigenvalue weighted by Crippen LogP contribution is 2.37. The summed E-state index contributed by atoms with van der Waals surface area (Å²) in [7, 11) is -1.92. The van der Waals surface area contributed by atoms with Crippen molar-refractivity contribution < 1.29 is 14.3 Å². The molecule has 0 aliphatic heterocycles. The summed E-state index contributed by atoms with van der Waals surface area (Å²) in [6.45, 7) is 14.3. The SMILES string of the molecule is C/C=C/[C@H](O)CC(=O)[C@H](C)O[Si](C)(C)C(C)(C)C. The van der Waals surface area contributed by atoms with Gasteiger partial charge in [-0.3, -0.25) is 4.79 Å². The quantitative estimate of drug-likeness (QED) is 0.596. The molecule has 2 atom stereocenters. The molecule has 0 saturated heterocycles. The molecular formula is C14H28O3Si. The van der Waals surface area contributed by atoms with Crippen molar-refractivity contribution in [1.82, 2.24) is 0 Å². The van der Waals surface area contributed by atoms with Crippen LogP contribution in [0.1, 0.15) is 41.0 Å². The molecule has 0 spiro atoms. The summed E-state index contributed by atoms with van der Waals surface area (Å²) in [5.41, 5.74) is 0. The van der Waals surface area contributed by atoms with Gasteiger partial charge in [-0.15, -0.1) is 0 Å². The number of allylic oxidation sites excluding steroid dienone is 1. The minimum absolute atomic E-state index is 0.0366. The van der Waals surface area contributed by atoms with Gasteiger partial charge in [0.2, 0.25) is 0 Å². The molecule has 0 aromatic carbocycles. The number of ketones is 1. The van der Waals surface area contributed by atoms with Crippen molar-refractivity contribution in [3.8, 4) is 0 Å². The first kappa shape index (κ1) is 17.5. The maximum Gasteiger partial charge on any atom is 0.193 e. The van der Waals surface area contributed by atoms with E-state index in [4.69, 9.17) is 4.43 Å². The van der Waals surface area contributed by atoms with E-state index in [1.54, 1.807) is 19.1 Å². The van der Waals surface area contributed by atoms with Crippen LogP contribution >= 0.6 is 0 Å². The zero-order valence-electron chi connectivity index (χ0n) is 12.8. The molecule has 0 heterocycles.